The molecule has 0 spiro atoms. The first kappa shape index (κ1) is 73.4. The summed E-state index contributed by atoms with van der Waals surface area (Å²) in [6.07, 6.45) is 12.8. The van der Waals surface area contributed by atoms with Gasteiger partial charge in [0.1, 0.15) is 30.5 Å². The summed E-state index contributed by atoms with van der Waals surface area (Å²) in [5.41, 5.74) is 23.3. The minimum atomic E-state index is -5.08. The number of alkyl halides is 3. The van der Waals surface area contributed by atoms with Gasteiger partial charge in [-0.05, 0) is 190 Å². The van der Waals surface area contributed by atoms with Crippen molar-refractivity contribution in [1.29, 1.82) is 0 Å². The molecule has 19 heteroatoms. The number of amides is 2. The van der Waals surface area contributed by atoms with Crippen LogP contribution in [0.5, 0.6) is 17.2 Å². The van der Waals surface area contributed by atoms with Gasteiger partial charge in [-0.25, -0.2) is 24.0 Å². The molecule has 103 heavy (non-hydrogen) atoms. The lowest BCUT2D eigenvalue weighted by molar-refractivity contribution is -0.192. The number of halogens is 3. The summed E-state index contributed by atoms with van der Waals surface area (Å²) in [6.45, 7) is 7.39. The summed E-state index contributed by atoms with van der Waals surface area (Å²) in [7, 11) is 2.62. The molecule has 0 radical (unpaired) electrons. The summed E-state index contributed by atoms with van der Waals surface area (Å²) < 4.78 is 63.5. The van der Waals surface area contributed by atoms with Gasteiger partial charge in [0.05, 0.1) is 14.2 Å². The maximum Gasteiger partial charge on any atom is 0.513 e. The Kier molecular flexibility index (Phi) is 22.3. The topological polar surface area (TPSA) is 231 Å². The molecule has 3 saturated carbocycles. The molecule has 0 aromatic heterocycles. The first-order valence-electron chi connectivity index (χ1n) is 36.4. The lowest BCUT2D eigenvalue weighted by Gasteiger charge is -2.49. The molecule has 16 nitrogen and oxygen atoms in total. The van der Waals surface area contributed by atoms with E-state index in [1.165, 1.54) is 131 Å². The number of ether oxygens (including phenoxy) is 6. The van der Waals surface area contributed by atoms with E-state index in [2.05, 4.69) is 139 Å². The van der Waals surface area contributed by atoms with Crippen LogP contribution in [0.15, 0.2) is 152 Å². The predicted octanol–water partition coefficient (Wildman–Crippen LogP) is 18.0. The molecule has 7 aromatic carbocycles. The van der Waals surface area contributed by atoms with E-state index >= 15 is 0 Å². The van der Waals surface area contributed by atoms with E-state index in [0.29, 0.717) is 48.2 Å². The number of hydrogen-bond donors (Lipinski definition) is 5. The quantitative estimate of drug-likeness (QED) is 0.0541. The Hall–Kier alpha value is -9.36. The van der Waals surface area contributed by atoms with E-state index in [9.17, 15) is 37.5 Å². The van der Waals surface area contributed by atoms with Crippen molar-refractivity contribution in [3.8, 4) is 39.5 Å². The van der Waals surface area contributed by atoms with Crippen LogP contribution in [0, 0.1) is 17.8 Å². The number of carbonyl (C=O) groups excluding carboxylic acids is 4. The van der Waals surface area contributed by atoms with Gasteiger partial charge in [0.2, 0.25) is 0 Å². The van der Waals surface area contributed by atoms with Crippen LogP contribution in [0.2, 0.25) is 0 Å². The van der Waals surface area contributed by atoms with Gasteiger partial charge >= 0.3 is 36.6 Å². The van der Waals surface area contributed by atoms with Crippen molar-refractivity contribution in [2.45, 2.75) is 189 Å². The molecule has 6 N–H and O–H groups in total. The highest BCUT2D eigenvalue weighted by Gasteiger charge is 2.50. The van der Waals surface area contributed by atoms with Crippen molar-refractivity contribution >= 4 is 30.5 Å². The number of phenols is 1. The van der Waals surface area contributed by atoms with Crippen LogP contribution in [-0.2, 0) is 59.2 Å². The summed E-state index contributed by atoms with van der Waals surface area (Å²) in [5.74, 6) is -0.133. The molecule has 0 aliphatic heterocycles. The minimum absolute atomic E-state index is 0.00671. The van der Waals surface area contributed by atoms with Crippen LogP contribution >= 0.6 is 0 Å². The second kappa shape index (κ2) is 31.3. The zero-order valence-electron chi connectivity index (χ0n) is 59.3. The molecular weight excluding hydrogens is 1320 g/mol. The smallest absolute Gasteiger partial charge is 0.508 e. The number of methoxy groups -OCH3 is 2. The maximum atomic E-state index is 13.4. The third kappa shape index (κ3) is 15.6. The standard InChI is InChI=1S/C33H35NO5.C31H33NO3.C18H25NO3.C2HF3O2/c1-33-17-9-3-4-10-22(18-21-15-16-23(19-29(21)33)39-32(36)37-2)30(33)34-31(35)38-20-28-26-13-7-5-11-24(26)25-12-6-8-14-27(25)28;1-31-16-8-2-3-9-21(17-20-14-15-22(33)18-28(20)31)29(31)32-30(34)35-19-27-25-12-6-4-10-23(25)24-11-5-7-13-26(24)27;1-18-9-5-3-4-6-13(16(18)19)10-12-7-8-14(11-15(12)18)22-17(20)21-2;3-2(4,5)1(6)7/h5-8,11-16,19,22,28,30H,3-4,9-10,17-18,20H2,1-2H3,(H,34,35);4-7,10-15,18,21,27,29,33H,2-3,8-9,16-17,19H2,1H3,(H,32,34);7-8,11,13,16H,3-6,9-10,19H2,1-2H3;(H,6,7)/t22-,30-,33+;21-,29-,31+;13-,16-,18+;/m000./s1. The van der Waals surface area contributed by atoms with E-state index in [4.69, 9.17) is 39.3 Å². The number of aromatic hydroxyl groups is 1. The van der Waals surface area contributed by atoms with Gasteiger partial charge in [-0.3, -0.25) is 0 Å². The van der Waals surface area contributed by atoms with Crippen LogP contribution in [0.1, 0.15) is 185 Å². The van der Waals surface area contributed by atoms with Crippen molar-refractivity contribution < 1.29 is 75.8 Å². The molecule has 9 atom stereocenters. The molecule has 8 aliphatic rings. The third-order valence-corrected chi connectivity index (χ3v) is 23.6. The van der Waals surface area contributed by atoms with Crippen LogP contribution < -0.4 is 25.8 Å². The second-order valence-electron chi connectivity index (χ2n) is 29.8. The average molecular weight is 1410 g/mol. The summed E-state index contributed by atoms with van der Waals surface area (Å²) in [4.78, 5) is 58.7. The van der Waals surface area contributed by atoms with Gasteiger partial charge in [-0.2, -0.15) is 13.2 Å². The molecule has 8 aliphatic carbocycles. The summed E-state index contributed by atoms with van der Waals surface area (Å²) in [6, 6.07) is 51.2. The van der Waals surface area contributed by atoms with Crippen LogP contribution in [0.3, 0.4) is 0 Å². The highest BCUT2D eigenvalue weighted by Crippen LogP contribution is 2.52. The van der Waals surface area contributed by atoms with Gasteiger partial charge in [0.25, 0.3) is 0 Å². The van der Waals surface area contributed by atoms with Gasteiger partial charge in [-0.15, -0.1) is 0 Å². The van der Waals surface area contributed by atoms with Crippen molar-refractivity contribution in [1.82, 2.24) is 10.6 Å². The molecular formula is C84H94F3N3O13. The van der Waals surface area contributed by atoms with E-state index in [1.54, 1.807) is 6.07 Å². The largest absolute Gasteiger partial charge is 0.513 e. The number of nitrogens with two attached hydrogens (primary N) is 1. The number of nitrogens with one attached hydrogen (secondary N) is 2. The number of carboxylic acids is 1. The zero-order chi connectivity index (χ0) is 72.8. The predicted molar refractivity (Wildman–Crippen MR) is 386 cm³/mol. The fourth-order valence-corrected chi connectivity index (χ4v) is 18.5. The Bertz CT molecular complexity index is 4160. The highest BCUT2D eigenvalue weighted by atomic mass is 19.4. The number of benzene rings is 7. The molecule has 3 fully saturated rings. The Morgan fingerprint density at radius 1 is 0.476 bits per heavy atom. The fourth-order valence-electron chi connectivity index (χ4n) is 18.5. The number of carbonyl (C=O) groups is 5. The van der Waals surface area contributed by atoms with Gasteiger partial charge < -0.3 is 55.0 Å². The minimum Gasteiger partial charge on any atom is -0.508 e. The van der Waals surface area contributed by atoms with Gasteiger partial charge in [0, 0.05) is 46.2 Å². The van der Waals surface area contributed by atoms with Crippen molar-refractivity contribution in [3.05, 3.63) is 207 Å². The van der Waals surface area contributed by atoms with Crippen LogP contribution in [0.4, 0.5) is 32.3 Å². The monoisotopic (exact) mass is 1410 g/mol. The maximum absolute atomic E-state index is 13.4. The van der Waals surface area contributed by atoms with Gasteiger partial charge in [0.15, 0.2) is 0 Å². The summed E-state index contributed by atoms with van der Waals surface area (Å²) in [5, 5.41) is 24.0. The zero-order valence-corrected chi connectivity index (χ0v) is 59.3. The first-order chi connectivity index (χ1) is 49.5. The van der Waals surface area contributed by atoms with Crippen molar-refractivity contribution in [2.75, 3.05) is 27.4 Å². The van der Waals surface area contributed by atoms with Crippen molar-refractivity contribution in [2.24, 2.45) is 23.5 Å². The third-order valence-electron chi connectivity index (χ3n) is 23.6. The van der Waals surface area contributed by atoms with Crippen LogP contribution in [0.25, 0.3) is 22.3 Å². The van der Waals surface area contributed by atoms with Gasteiger partial charge in [-0.1, -0.05) is 194 Å². The number of aliphatic carboxylic acids is 1. The number of fused-ring (bicyclic) bond motifs is 18. The normalized spacial score (nSPS) is 24.6. The number of alkyl carbamates (subject to hydrolysis) is 2. The Morgan fingerprint density at radius 3 is 1.20 bits per heavy atom. The van der Waals surface area contributed by atoms with E-state index in [1.807, 2.05) is 42.5 Å². The molecule has 0 heterocycles. The van der Waals surface area contributed by atoms with E-state index in [-0.39, 0.29) is 58.4 Å². The van der Waals surface area contributed by atoms with E-state index in [0.717, 1.165) is 76.2 Å². The molecule has 544 valence electrons. The second-order valence-corrected chi connectivity index (χ2v) is 29.8. The molecule has 7 aromatic rings. The molecule has 6 bridgehead atoms. The Balaban J connectivity index is 0.000000143. The fraction of sp³-hybridized carbons (Fsp3) is 0.440. The number of phenolic OH excluding ortho intramolecular Hbond substituents is 1. The molecule has 2 amide bonds. The lowest BCUT2D eigenvalue weighted by atomic mass is 9.59. The Morgan fingerprint density at radius 2 is 0.816 bits per heavy atom. The van der Waals surface area contributed by atoms with Crippen molar-refractivity contribution in [3.63, 3.8) is 0 Å². The number of carboxylic acid groups (broad SMARTS) is 1. The summed E-state index contributed by atoms with van der Waals surface area (Å²) >= 11 is 0. The molecule has 0 unspecified atom stereocenters. The number of rotatable bonds is 8. The average Bonchev–Trinajstić information content (AvgIpc) is 1.75. The highest BCUT2D eigenvalue weighted by molar-refractivity contribution is 5.81. The lowest BCUT2D eigenvalue weighted by Crippen LogP contribution is -2.57. The number of hydrogen-bond acceptors (Lipinski definition) is 13. The molecule has 0 saturated heterocycles. The first-order valence-corrected chi connectivity index (χ1v) is 36.4. The Labute approximate surface area is 600 Å². The van der Waals surface area contributed by atoms with E-state index < -0.39 is 24.5 Å². The molecule has 15 rings (SSSR count). The van der Waals surface area contributed by atoms with Crippen LogP contribution in [-0.4, -0.2) is 92.4 Å². The SMILES string of the molecule is COC(=O)Oc1ccc2c(c1)[C@@]1(C)CCCCC[C@@H](C2)[C@@H]1N.COC(=O)Oc1ccc2c(c1)[C@@]1(C)CCCCC[C@@H](C2)[C@@H]1NC(=O)OCC1c2ccccc2-c2ccccc21.C[C@@]12CCCCC[C@@H](Cc3ccc(O)cc31)[C@@H]2NC(=O)OCC1c2ccccc2-c2ccccc21.O=C(O)C(F)(F)F.